The number of nitrogens with one attached hydrogen (secondary N) is 1. The van der Waals surface area contributed by atoms with E-state index in [4.69, 9.17) is 25.5 Å². The predicted octanol–water partition coefficient (Wildman–Crippen LogP) is 3.98. The van der Waals surface area contributed by atoms with Gasteiger partial charge in [0.25, 0.3) is 0 Å². The van der Waals surface area contributed by atoms with Crippen molar-refractivity contribution in [3.8, 4) is 23.1 Å². The minimum absolute atomic E-state index is 0.367. The second-order valence-electron chi connectivity index (χ2n) is 6.05. The summed E-state index contributed by atoms with van der Waals surface area (Å²) >= 11 is 6.23. The summed E-state index contributed by atoms with van der Waals surface area (Å²) in [4.78, 5) is 8.62. The number of rotatable bonds is 6. The summed E-state index contributed by atoms with van der Waals surface area (Å²) in [5.74, 6) is 2.98. The van der Waals surface area contributed by atoms with Gasteiger partial charge in [-0.05, 0) is 30.7 Å². The maximum Gasteiger partial charge on any atom is 0.200 e. The molecule has 0 fully saturated rings. The summed E-state index contributed by atoms with van der Waals surface area (Å²) in [7, 11) is 3.22. The fourth-order valence-electron chi connectivity index (χ4n) is 2.86. The van der Waals surface area contributed by atoms with Gasteiger partial charge in [0, 0.05) is 18.2 Å². The molecule has 0 spiro atoms. The summed E-state index contributed by atoms with van der Waals surface area (Å²) in [6, 6.07) is 9.37. The van der Waals surface area contributed by atoms with E-state index in [-0.39, 0.29) is 0 Å². The second-order valence-corrected chi connectivity index (χ2v) is 6.41. The number of benzene rings is 1. The topological polar surface area (TPSA) is 86.7 Å². The molecule has 144 valence electrons. The van der Waals surface area contributed by atoms with Gasteiger partial charge >= 0.3 is 0 Å². The quantitative estimate of drug-likeness (QED) is 0.491. The van der Waals surface area contributed by atoms with E-state index in [1.807, 2.05) is 37.3 Å². The molecule has 0 amide bonds. The molecule has 0 aliphatic carbocycles. The van der Waals surface area contributed by atoms with Crippen LogP contribution >= 0.6 is 11.6 Å². The van der Waals surface area contributed by atoms with Crippen molar-refractivity contribution in [2.75, 3.05) is 19.5 Å². The fourth-order valence-corrected chi connectivity index (χ4v) is 3.03. The number of methoxy groups -OCH3 is 2. The van der Waals surface area contributed by atoms with E-state index in [9.17, 15) is 0 Å². The Hall–Kier alpha value is -3.26. The molecule has 3 aromatic heterocycles. The molecule has 0 saturated carbocycles. The molecule has 3 heterocycles. The van der Waals surface area contributed by atoms with Crippen LogP contribution in [0, 0.1) is 6.92 Å². The van der Waals surface area contributed by atoms with Gasteiger partial charge in [0.1, 0.15) is 11.5 Å². The average Bonchev–Trinajstić information content (AvgIpc) is 3.39. The highest BCUT2D eigenvalue weighted by Gasteiger charge is 2.16. The van der Waals surface area contributed by atoms with E-state index < -0.39 is 0 Å². The molecule has 0 saturated heterocycles. The lowest BCUT2D eigenvalue weighted by Gasteiger charge is -2.10. The van der Waals surface area contributed by atoms with Gasteiger partial charge < -0.3 is 19.2 Å². The Labute approximate surface area is 166 Å². The third-order valence-corrected chi connectivity index (χ3v) is 4.71. The van der Waals surface area contributed by atoms with E-state index in [0.29, 0.717) is 46.3 Å². The van der Waals surface area contributed by atoms with Crippen LogP contribution in [0.5, 0.6) is 11.5 Å². The average molecular weight is 400 g/mol. The van der Waals surface area contributed by atoms with Crippen LogP contribution in [0.1, 0.15) is 11.1 Å². The molecule has 0 aliphatic heterocycles. The Bertz CT molecular complexity index is 1140. The van der Waals surface area contributed by atoms with E-state index in [2.05, 4.69) is 20.4 Å². The van der Waals surface area contributed by atoms with Crippen molar-refractivity contribution in [2.45, 2.75) is 13.5 Å². The van der Waals surface area contributed by atoms with Crippen molar-refractivity contribution in [3.05, 3.63) is 52.9 Å². The van der Waals surface area contributed by atoms with Gasteiger partial charge in [0.05, 0.1) is 14.2 Å². The second kappa shape index (κ2) is 7.40. The monoisotopic (exact) mass is 399 g/mol. The van der Waals surface area contributed by atoms with E-state index in [1.54, 1.807) is 18.7 Å². The van der Waals surface area contributed by atoms with Crippen LogP contribution in [0.2, 0.25) is 5.15 Å². The predicted molar refractivity (Wildman–Crippen MR) is 105 cm³/mol. The van der Waals surface area contributed by atoms with Crippen LogP contribution < -0.4 is 14.8 Å². The van der Waals surface area contributed by atoms with Gasteiger partial charge in [-0.15, -0.1) is 0 Å². The summed E-state index contributed by atoms with van der Waals surface area (Å²) in [6.07, 6.45) is 1.46. The molecule has 1 aromatic carbocycles. The molecular weight excluding hydrogens is 382 g/mol. The third-order valence-electron chi connectivity index (χ3n) is 4.34. The molecule has 0 aliphatic rings. The van der Waals surface area contributed by atoms with E-state index >= 15 is 0 Å². The number of nitrogens with zero attached hydrogens (tertiary/aromatic N) is 4. The molecule has 8 nitrogen and oxygen atoms in total. The number of anilines is 1. The first-order chi connectivity index (χ1) is 13.6. The summed E-state index contributed by atoms with van der Waals surface area (Å²) in [6.45, 7) is 2.40. The van der Waals surface area contributed by atoms with Crippen LogP contribution in [0.3, 0.4) is 0 Å². The zero-order valence-electron chi connectivity index (χ0n) is 15.6. The SMILES string of the molecule is COc1ccc(CNc2ccc(-c3nc(Cl)c(C)c4ncnn34)o2)cc1OC. The lowest BCUT2D eigenvalue weighted by atomic mass is 10.2. The van der Waals surface area contributed by atoms with E-state index in [1.165, 1.54) is 6.33 Å². The highest BCUT2D eigenvalue weighted by Crippen LogP contribution is 2.29. The number of fused-ring (bicyclic) bond motifs is 1. The van der Waals surface area contributed by atoms with Crippen LogP contribution in [0.4, 0.5) is 5.88 Å². The number of ether oxygens (including phenoxy) is 2. The van der Waals surface area contributed by atoms with Gasteiger partial charge in [-0.1, -0.05) is 17.7 Å². The Morgan fingerprint density at radius 2 is 1.96 bits per heavy atom. The number of furan rings is 1. The van der Waals surface area contributed by atoms with Crippen LogP contribution in [0.25, 0.3) is 17.2 Å². The van der Waals surface area contributed by atoms with Gasteiger partial charge in [-0.25, -0.2) is 9.97 Å². The smallest absolute Gasteiger partial charge is 0.200 e. The summed E-state index contributed by atoms with van der Waals surface area (Å²) < 4.78 is 18.1. The lowest BCUT2D eigenvalue weighted by molar-refractivity contribution is 0.354. The molecule has 1 N–H and O–H groups in total. The van der Waals surface area contributed by atoms with Crippen molar-refractivity contribution in [2.24, 2.45) is 0 Å². The fraction of sp³-hybridized carbons (Fsp3) is 0.211. The Morgan fingerprint density at radius 1 is 1.14 bits per heavy atom. The van der Waals surface area contributed by atoms with Crippen molar-refractivity contribution < 1.29 is 13.9 Å². The van der Waals surface area contributed by atoms with Crippen molar-refractivity contribution in [1.29, 1.82) is 0 Å². The van der Waals surface area contributed by atoms with Gasteiger partial charge in [0.15, 0.2) is 28.8 Å². The third kappa shape index (κ3) is 3.22. The molecule has 9 heteroatoms. The highest BCUT2D eigenvalue weighted by atomic mass is 35.5. The van der Waals surface area contributed by atoms with Crippen molar-refractivity contribution >= 4 is 23.1 Å². The molecule has 0 radical (unpaired) electrons. The lowest BCUT2D eigenvalue weighted by Crippen LogP contribution is -2.01. The first-order valence-corrected chi connectivity index (χ1v) is 8.89. The molecule has 28 heavy (non-hydrogen) atoms. The van der Waals surface area contributed by atoms with Gasteiger partial charge in [-0.3, -0.25) is 0 Å². The molecule has 0 unspecified atom stereocenters. The summed E-state index contributed by atoms with van der Waals surface area (Å²) in [5.41, 5.74) is 2.43. The molecular formula is C19H18ClN5O3. The molecule has 0 atom stereocenters. The zero-order chi connectivity index (χ0) is 19.7. The maximum absolute atomic E-state index is 6.23. The Kier molecular flexibility index (Phi) is 4.79. The van der Waals surface area contributed by atoms with Gasteiger partial charge in [-0.2, -0.15) is 9.61 Å². The first-order valence-electron chi connectivity index (χ1n) is 8.51. The molecule has 4 rings (SSSR count). The zero-order valence-corrected chi connectivity index (χ0v) is 16.3. The van der Waals surface area contributed by atoms with Crippen molar-refractivity contribution in [3.63, 3.8) is 0 Å². The number of hydrogen-bond donors (Lipinski definition) is 1. The number of hydrogen-bond acceptors (Lipinski definition) is 7. The van der Waals surface area contributed by atoms with Crippen LogP contribution in [0.15, 0.2) is 41.1 Å². The largest absolute Gasteiger partial charge is 0.493 e. The number of aromatic nitrogens is 4. The van der Waals surface area contributed by atoms with E-state index in [0.717, 1.165) is 11.1 Å². The van der Waals surface area contributed by atoms with Crippen LogP contribution in [-0.4, -0.2) is 33.8 Å². The molecule has 0 bridgehead atoms. The maximum atomic E-state index is 6.23. The standard InChI is InChI=1S/C19H18ClN5O3/c1-11-17(20)24-19(25-18(11)22-10-23-25)14-6-7-16(28-14)21-9-12-4-5-13(26-2)15(8-12)27-3/h4-8,10,21H,9H2,1-3H3. The Balaban J connectivity index is 1.56. The van der Waals surface area contributed by atoms with Crippen molar-refractivity contribution in [1.82, 2.24) is 19.6 Å². The van der Waals surface area contributed by atoms with Crippen LogP contribution in [-0.2, 0) is 6.54 Å². The molecule has 4 aromatic rings. The summed E-state index contributed by atoms with van der Waals surface area (Å²) in [5, 5.41) is 7.82. The normalized spacial score (nSPS) is 11.0. The highest BCUT2D eigenvalue weighted by molar-refractivity contribution is 6.30. The first kappa shape index (κ1) is 18.1. The Morgan fingerprint density at radius 3 is 2.75 bits per heavy atom. The number of aryl methyl sites for hydroxylation is 1. The minimum atomic E-state index is 0.367. The number of halogens is 1. The minimum Gasteiger partial charge on any atom is -0.493 e. The van der Waals surface area contributed by atoms with Gasteiger partial charge in [0.2, 0.25) is 5.82 Å².